The van der Waals surface area contributed by atoms with Gasteiger partial charge in [-0.2, -0.15) is 0 Å². The number of esters is 1. The van der Waals surface area contributed by atoms with Crippen molar-refractivity contribution >= 4 is 5.97 Å². The Bertz CT molecular complexity index is 559. The van der Waals surface area contributed by atoms with Gasteiger partial charge in [0, 0.05) is 6.42 Å². The molecular weight excluding hydrogens is 290 g/mol. The molecule has 0 N–H and O–H groups in total. The zero-order valence-electron chi connectivity index (χ0n) is 10.1. The molecule has 2 rings (SSSR count). The van der Waals surface area contributed by atoms with Gasteiger partial charge in [0.15, 0.2) is 28.9 Å². The van der Waals surface area contributed by atoms with E-state index in [4.69, 9.17) is 0 Å². The molecule has 0 bridgehead atoms. The molecule has 2 atom stereocenters. The minimum atomic E-state index is -2.93. The number of ether oxygens (including phenoxy) is 1. The molecule has 1 fully saturated rings. The van der Waals surface area contributed by atoms with Gasteiger partial charge in [-0.3, -0.25) is 4.79 Å². The van der Waals surface area contributed by atoms with Crippen molar-refractivity contribution in [2.24, 2.45) is 5.92 Å². The summed E-state index contributed by atoms with van der Waals surface area (Å²) in [6.07, 6.45) is -0.690. The number of alkyl halides is 1. The van der Waals surface area contributed by atoms with Crippen LogP contribution >= 0.6 is 0 Å². The first-order valence-electron chi connectivity index (χ1n) is 5.63. The Hall–Kier alpha value is -1.73. The Morgan fingerprint density at radius 3 is 2.00 bits per heavy atom. The molecule has 0 aliphatic heterocycles. The number of carbonyl (C=O) groups excluding carboxylic acids is 1. The van der Waals surface area contributed by atoms with Gasteiger partial charge in [-0.1, -0.05) is 0 Å². The second-order valence-corrected chi connectivity index (χ2v) is 4.32. The summed E-state index contributed by atoms with van der Waals surface area (Å²) in [5, 5.41) is 0. The molecular formula is C12H8F6O2. The summed E-state index contributed by atoms with van der Waals surface area (Å²) in [6, 6.07) is 0. The Kier molecular flexibility index (Phi) is 3.43. The first-order valence-corrected chi connectivity index (χ1v) is 5.63. The van der Waals surface area contributed by atoms with Gasteiger partial charge in [-0.05, 0) is 6.92 Å². The van der Waals surface area contributed by atoms with Crippen LogP contribution in [-0.4, -0.2) is 12.6 Å². The molecule has 1 aliphatic carbocycles. The largest absolute Gasteiger partial charge is 0.466 e. The predicted octanol–water partition coefficient (Wildman–Crippen LogP) is 3.13. The molecule has 110 valence electrons. The molecule has 0 spiro atoms. The minimum absolute atomic E-state index is 0.0947. The topological polar surface area (TPSA) is 26.3 Å². The van der Waals surface area contributed by atoms with Crippen LogP contribution in [0.1, 0.15) is 18.9 Å². The van der Waals surface area contributed by atoms with Crippen molar-refractivity contribution in [2.45, 2.75) is 19.0 Å². The summed E-state index contributed by atoms with van der Waals surface area (Å²) in [5.41, 5.74) is -4.55. The summed E-state index contributed by atoms with van der Waals surface area (Å²) < 4.78 is 84.4. The molecule has 1 aliphatic rings. The van der Waals surface area contributed by atoms with Gasteiger partial charge in [0.25, 0.3) is 0 Å². The highest BCUT2D eigenvalue weighted by molar-refractivity contribution is 5.78. The van der Waals surface area contributed by atoms with Gasteiger partial charge in [0.2, 0.25) is 5.82 Å². The van der Waals surface area contributed by atoms with E-state index < -0.39 is 58.6 Å². The second kappa shape index (κ2) is 4.68. The number of rotatable bonds is 3. The van der Waals surface area contributed by atoms with Crippen LogP contribution in [0.15, 0.2) is 0 Å². The SMILES string of the molecule is CCOC(=O)[C@H]1C[C@]1(F)c1c(F)c(F)c(F)c(F)c1F. The minimum Gasteiger partial charge on any atom is -0.466 e. The molecule has 20 heavy (non-hydrogen) atoms. The van der Waals surface area contributed by atoms with E-state index in [0.29, 0.717) is 0 Å². The monoisotopic (exact) mass is 298 g/mol. The maximum Gasteiger partial charge on any atom is 0.312 e. The number of hydrogen-bond donors (Lipinski definition) is 0. The van der Waals surface area contributed by atoms with E-state index >= 15 is 0 Å². The van der Waals surface area contributed by atoms with Crippen LogP contribution < -0.4 is 0 Å². The molecule has 1 aromatic rings. The van der Waals surface area contributed by atoms with E-state index in [1.807, 2.05) is 0 Å². The normalized spacial score (nSPS) is 24.6. The van der Waals surface area contributed by atoms with Crippen molar-refractivity contribution in [3.05, 3.63) is 34.6 Å². The quantitative estimate of drug-likeness (QED) is 0.371. The van der Waals surface area contributed by atoms with E-state index in [2.05, 4.69) is 4.74 Å². The lowest BCUT2D eigenvalue weighted by molar-refractivity contribution is -0.145. The molecule has 0 amide bonds. The van der Waals surface area contributed by atoms with Gasteiger partial charge in [-0.15, -0.1) is 0 Å². The summed E-state index contributed by atoms with van der Waals surface area (Å²) in [7, 11) is 0. The van der Waals surface area contributed by atoms with Crippen LogP contribution in [0.4, 0.5) is 26.3 Å². The molecule has 0 heterocycles. The van der Waals surface area contributed by atoms with E-state index in [1.54, 1.807) is 0 Å². The third-order valence-electron chi connectivity index (χ3n) is 3.09. The van der Waals surface area contributed by atoms with E-state index in [-0.39, 0.29) is 6.61 Å². The maximum atomic E-state index is 14.2. The number of halogens is 6. The zero-order valence-corrected chi connectivity index (χ0v) is 10.1. The average Bonchev–Trinajstić information content (AvgIpc) is 3.07. The molecule has 0 saturated heterocycles. The van der Waals surface area contributed by atoms with Gasteiger partial charge >= 0.3 is 5.97 Å². The van der Waals surface area contributed by atoms with Crippen molar-refractivity contribution in [3.63, 3.8) is 0 Å². The van der Waals surface area contributed by atoms with Crippen molar-refractivity contribution in [1.29, 1.82) is 0 Å². The van der Waals surface area contributed by atoms with Crippen LogP contribution in [0.3, 0.4) is 0 Å². The van der Waals surface area contributed by atoms with Crippen LogP contribution in [0.25, 0.3) is 0 Å². The van der Waals surface area contributed by atoms with Crippen molar-refractivity contribution in [2.75, 3.05) is 6.61 Å². The van der Waals surface area contributed by atoms with Crippen molar-refractivity contribution in [1.82, 2.24) is 0 Å². The van der Waals surface area contributed by atoms with Gasteiger partial charge in [0.1, 0.15) is 0 Å². The van der Waals surface area contributed by atoms with Crippen LogP contribution in [-0.2, 0) is 15.2 Å². The summed E-state index contributed by atoms with van der Waals surface area (Å²) in [6.45, 7) is 1.33. The fourth-order valence-electron chi connectivity index (χ4n) is 2.00. The molecule has 1 saturated carbocycles. The summed E-state index contributed by atoms with van der Waals surface area (Å²) in [4.78, 5) is 11.3. The Balaban J connectivity index is 2.48. The second-order valence-electron chi connectivity index (χ2n) is 4.32. The van der Waals surface area contributed by atoms with Crippen molar-refractivity contribution in [3.8, 4) is 0 Å². The highest BCUT2D eigenvalue weighted by atomic mass is 19.2. The molecule has 1 aromatic carbocycles. The first-order chi connectivity index (χ1) is 9.25. The third kappa shape index (κ3) is 1.94. The van der Waals surface area contributed by atoms with Gasteiger partial charge in [0.05, 0.1) is 18.1 Å². The smallest absolute Gasteiger partial charge is 0.312 e. The number of benzene rings is 1. The molecule has 0 radical (unpaired) electrons. The lowest BCUT2D eigenvalue weighted by atomic mass is 10.0. The van der Waals surface area contributed by atoms with E-state index in [1.165, 1.54) is 6.92 Å². The molecule has 0 aromatic heterocycles. The average molecular weight is 298 g/mol. The standard InChI is InChI=1S/C12H8F6O2/c1-2-20-11(19)4-3-12(4,18)5-6(13)8(15)10(17)9(16)7(5)14/h4H,2-3H2,1H3/t4-,12-/m1/s1. The lowest BCUT2D eigenvalue weighted by Gasteiger charge is -2.12. The molecule has 2 nitrogen and oxygen atoms in total. The van der Waals surface area contributed by atoms with Crippen molar-refractivity contribution < 1.29 is 35.9 Å². The number of carbonyl (C=O) groups is 1. The Morgan fingerprint density at radius 2 is 1.55 bits per heavy atom. The zero-order chi connectivity index (χ0) is 15.2. The molecule has 8 heteroatoms. The highest BCUT2D eigenvalue weighted by Crippen LogP contribution is 2.58. The summed E-state index contributed by atoms with van der Waals surface area (Å²) >= 11 is 0. The predicted molar refractivity (Wildman–Crippen MR) is 53.8 cm³/mol. The first kappa shape index (κ1) is 14.7. The Morgan fingerprint density at radius 1 is 1.10 bits per heavy atom. The van der Waals surface area contributed by atoms with Gasteiger partial charge in [-0.25, -0.2) is 26.3 Å². The summed E-state index contributed by atoms with van der Waals surface area (Å²) in [5.74, 6) is -14.1. The fourth-order valence-corrected chi connectivity index (χ4v) is 2.00. The third-order valence-corrected chi connectivity index (χ3v) is 3.09. The maximum absolute atomic E-state index is 14.2. The Labute approximate surface area is 109 Å². The van der Waals surface area contributed by atoms with Crippen LogP contribution in [0.2, 0.25) is 0 Å². The molecule has 0 unspecified atom stereocenters. The number of hydrogen-bond acceptors (Lipinski definition) is 2. The highest BCUT2D eigenvalue weighted by Gasteiger charge is 2.65. The van der Waals surface area contributed by atoms with Crippen LogP contribution in [0.5, 0.6) is 0 Å². The van der Waals surface area contributed by atoms with E-state index in [9.17, 15) is 31.1 Å². The lowest BCUT2D eigenvalue weighted by Crippen LogP contribution is -2.19. The van der Waals surface area contributed by atoms with E-state index in [0.717, 1.165) is 0 Å². The fraction of sp³-hybridized carbons (Fsp3) is 0.417. The van der Waals surface area contributed by atoms with Gasteiger partial charge < -0.3 is 4.74 Å². The van der Waals surface area contributed by atoms with Crippen LogP contribution in [0, 0.1) is 35.0 Å².